The van der Waals surface area contributed by atoms with Gasteiger partial charge in [0.05, 0.1) is 24.7 Å². The smallest absolute Gasteiger partial charge is 0.338 e. The van der Waals surface area contributed by atoms with Gasteiger partial charge in [-0.05, 0) is 53.9 Å². The minimum absolute atomic E-state index is 0.00227. The zero-order valence-corrected chi connectivity index (χ0v) is 20.2. The Hall–Kier alpha value is -3.69. The molecule has 4 rings (SSSR count). The predicted octanol–water partition coefficient (Wildman–Crippen LogP) is 3.49. The number of hydrogen-bond acceptors (Lipinski definition) is 7. The molecule has 0 unspecified atom stereocenters. The summed E-state index contributed by atoms with van der Waals surface area (Å²) >= 11 is 0. The Morgan fingerprint density at radius 3 is 2.34 bits per heavy atom. The van der Waals surface area contributed by atoms with Crippen LogP contribution < -0.4 is 9.47 Å². The Balaban J connectivity index is 1.45. The number of methoxy groups -OCH3 is 2. The number of hydrogen-bond donors (Lipinski definition) is 0. The van der Waals surface area contributed by atoms with Crippen LogP contribution in [0.5, 0.6) is 11.5 Å². The van der Waals surface area contributed by atoms with Gasteiger partial charge >= 0.3 is 5.97 Å². The Kier molecular flexibility index (Phi) is 7.18. The predicted molar refractivity (Wildman–Crippen MR) is 128 cm³/mol. The van der Waals surface area contributed by atoms with E-state index in [1.165, 1.54) is 48.9 Å². The highest BCUT2D eigenvalue weighted by Gasteiger charge is 2.29. The summed E-state index contributed by atoms with van der Waals surface area (Å²) in [5.41, 5.74) is 2.43. The van der Waals surface area contributed by atoms with E-state index in [1.54, 1.807) is 12.1 Å². The molecule has 0 atom stereocenters. The molecule has 0 N–H and O–H groups in total. The van der Waals surface area contributed by atoms with E-state index < -0.39 is 28.4 Å². The quantitative estimate of drug-likeness (QED) is 0.348. The topological polar surface area (TPSA) is 99.2 Å². The normalized spacial score (nSPS) is 13.5. The van der Waals surface area contributed by atoms with Crippen molar-refractivity contribution < 1.29 is 32.2 Å². The van der Waals surface area contributed by atoms with Gasteiger partial charge in [-0.1, -0.05) is 30.3 Å². The summed E-state index contributed by atoms with van der Waals surface area (Å²) in [4.78, 5) is 25.1. The van der Waals surface area contributed by atoms with Crippen LogP contribution in [0.2, 0.25) is 0 Å². The number of carbonyl (C=O) groups excluding carboxylic acids is 2. The van der Waals surface area contributed by atoms with E-state index in [9.17, 15) is 18.0 Å². The number of rotatable bonds is 8. The lowest BCUT2D eigenvalue weighted by atomic mass is 10.0. The van der Waals surface area contributed by atoms with E-state index in [-0.39, 0.29) is 22.6 Å². The molecule has 0 amide bonds. The fourth-order valence-corrected chi connectivity index (χ4v) is 5.38. The van der Waals surface area contributed by atoms with Crippen LogP contribution in [0, 0.1) is 0 Å². The second-order valence-electron chi connectivity index (χ2n) is 7.95. The first-order chi connectivity index (χ1) is 16.8. The van der Waals surface area contributed by atoms with Crippen molar-refractivity contribution in [2.75, 3.05) is 27.4 Å². The van der Waals surface area contributed by atoms with Crippen molar-refractivity contribution in [3.63, 3.8) is 0 Å². The van der Waals surface area contributed by atoms with Crippen LogP contribution in [0.15, 0.2) is 71.6 Å². The van der Waals surface area contributed by atoms with Gasteiger partial charge in [-0.25, -0.2) is 13.2 Å². The van der Waals surface area contributed by atoms with Crippen molar-refractivity contribution in [1.82, 2.24) is 4.31 Å². The first-order valence-electron chi connectivity index (χ1n) is 10.9. The zero-order chi connectivity index (χ0) is 25.0. The number of ketones is 1. The fourth-order valence-electron chi connectivity index (χ4n) is 3.92. The van der Waals surface area contributed by atoms with Gasteiger partial charge < -0.3 is 14.2 Å². The molecule has 0 fully saturated rings. The van der Waals surface area contributed by atoms with Crippen molar-refractivity contribution in [2.24, 2.45) is 0 Å². The molecule has 0 radical (unpaired) electrons. The molecule has 1 aliphatic rings. The maximum atomic E-state index is 13.2. The fraction of sp³-hybridized carbons (Fsp3) is 0.231. The van der Waals surface area contributed by atoms with Crippen LogP contribution in [0.1, 0.15) is 31.8 Å². The van der Waals surface area contributed by atoms with Gasteiger partial charge in [0.2, 0.25) is 10.0 Å². The van der Waals surface area contributed by atoms with Crippen LogP contribution >= 0.6 is 0 Å². The van der Waals surface area contributed by atoms with Gasteiger partial charge in [0.25, 0.3) is 0 Å². The summed E-state index contributed by atoms with van der Waals surface area (Å²) in [6.07, 6.45) is 0.620. The summed E-state index contributed by atoms with van der Waals surface area (Å²) in [5, 5.41) is 0. The molecule has 9 heteroatoms. The standard InChI is InChI=1S/C26H25NO7S/c1-32-24-11-10-19(15-25(24)33-2)23(28)17-34-26(29)20-8-5-9-22(14-20)35(30,31)27-13-12-18-6-3-4-7-21(18)16-27/h3-11,14-15H,12-13,16-17H2,1-2H3. The van der Waals surface area contributed by atoms with Crippen molar-refractivity contribution in [3.8, 4) is 11.5 Å². The van der Waals surface area contributed by atoms with Gasteiger partial charge in [-0.3, -0.25) is 4.79 Å². The zero-order valence-electron chi connectivity index (χ0n) is 19.4. The van der Waals surface area contributed by atoms with Crippen LogP contribution in [-0.4, -0.2) is 51.8 Å². The first kappa shape index (κ1) is 24.4. The minimum atomic E-state index is -3.82. The Bertz CT molecular complexity index is 1370. The Labute approximate surface area is 204 Å². The molecule has 0 aromatic heterocycles. The molecule has 1 aliphatic heterocycles. The third-order valence-corrected chi connectivity index (χ3v) is 7.68. The third kappa shape index (κ3) is 5.21. The molecule has 8 nitrogen and oxygen atoms in total. The van der Waals surface area contributed by atoms with Gasteiger partial charge in [-0.2, -0.15) is 4.31 Å². The van der Waals surface area contributed by atoms with Crippen molar-refractivity contribution >= 4 is 21.8 Å². The number of nitrogens with zero attached hydrogens (tertiary/aromatic N) is 1. The van der Waals surface area contributed by atoms with Crippen LogP contribution in [0.3, 0.4) is 0 Å². The summed E-state index contributed by atoms with van der Waals surface area (Å²) in [6, 6.07) is 18.0. The van der Waals surface area contributed by atoms with E-state index in [0.717, 1.165) is 11.1 Å². The van der Waals surface area contributed by atoms with Crippen molar-refractivity contribution in [3.05, 3.63) is 89.0 Å². The highest BCUT2D eigenvalue weighted by atomic mass is 32.2. The maximum absolute atomic E-state index is 13.2. The monoisotopic (exact) mass is 495 g/mol. The average molecular weight is 496 g/mol. The highest BCUT2D eigenvalue weighted by Crippen LogP contribution is 2.28. The molecule has 0 saturated heterocycles. The van der Waals surface area contributed by atoms with Gasteiger partial charge in [0, 0.05) is 18.7 Å². The van der Waals surface area contributed by atoms with E-state index >= 15 is 0 Å². The molecule has 35 heavy (non-hydrogen) atoms. The lowest BCUT2D eigenvalue weighted by Crippen LogP contribution is -2.36. The summed E-state index contributed by atoms with van der Waals surface area (Å²) in [5.74, 6) is -0.380. The molecular weight excluding hydrogens is 470 g/mol. The lowest BCUT2D eigenvalue weighted by molar-refractivity contribution is 0.0474. The van der Waals surface area contributed by atoms with E-state index in [2.05, 4.69) is 0 Å². The second kappa shape index (κ2) is 10.3. The number of sulfonamides is 1. The van der Waals surface area contributed by atoms with Gasteiger partial charge in [-0.15, -0.1) is 0 Å². The molecule has 0 bridgehead atoms. The number of benzene rings is 3. The van der Waals surface area contributed by atoms with E-state index in [0.29, 0.717) is 24.5 Å². The molecule has 3 aromatic rings. The van der Waals surface area contributed by atoms with Crippen molar-refractivity contribution in [2.45, 2.75) is 17.9 Å². The number of esters is 1. The maximum Gasteiger partial charge on any atom is 0.338 e. The minimum Gasteiger partial charge on any atom is -0.493 e. The average Bonchev–Trinajstić information content (AvgIpc) is 2.90. The van der Waals surface area contributed by atoms with Crippen LogP contribution in [0.25, 0.3) is 0 Å². The number of fused-ring (bicyclic) bond motifs is 1. The second-order valence-corrected chi connectivity index (χ2v) is 9.89. The lowest BCUT2D eigenvalue weighted by Gasteiger charge is -2.28. The van der Waals surface area contributed by atoms with Gasteiger partial charge in [0.15, 0.2) is 23.9 Å². The van der Waals surface area contributed by atoms with Gasteiger partial charge in [0.1, 0.15) is 0 Å². The number of ether oxygens (including phenoxy) is 3. The Morgan fingerprint density at radius 1 is 0.857 bits per heavy atom. The van der Waals surface area contributed by atoms with Crippen molar-refractivity contribution in [1.29, 1.82) is 0 Å². The Morgan fingerprint density at radius 2 is 1.60 bits per heavy atom. The molecule has 1 heterocycles. The SMILES string of the molecule is COc1ccc(C(=O)COC(=O)c2cccc(S(=O)(=O)N3CCc4ccccc4C3)c2)cc1OC. The summed E-state index contributed by atoms with van der Waals surface area (Å²) in [6.45, 7) is 0.120. The molecule has 182 valence electrons. The van der Waals surface area contributed by atoms with E-state index in [4.69, 9.17) is 14.2 Å². The highest BCUT2D eigenvalue weighted by molar-refractivity contribution is 7.89. The van der Waals surface area contributed by atoms with Crippen LogP contribution in [0.4, 0.5) is 0 Å². The molecular formula is C26H25NO7S. The van der Waals surface area contributed by atoms with Crippen LogP contribution in [-0.2, 0) is 27.7 Å². The molecule has 3 aromatic carbocycles. The number of carbonyl (C=O) groups is 2. The molecule has 0 saturated carbocycles. The van der Waals surface area contributed by atoms with E-state index in [1.807, 2.05) is 24.3 Å². The molecule has 0 spiro atoms. The number of Topliss-reactive ketones (excluding diaryl/α,β-unsaturated/α-hetero) is 1. The molecule has 0 aliphatic carbocycles. The largest absolute Gasteiger partial charge is 0.493 e. The third-order valence-electron chi connectivity index (χ3n) is 5.84. The summed E-state index contributed by atoms with van der Waals surface area (Å²) < 4.78 is 43.4. The first-order valence-corrected chi connectivity index (χ1v) is 12.4. The summed E-state index contributed by atoms with van der Waals surface area (Å²) in [7, 11) is -0.877.